The minimum Gasteiger partial charge on any atom is -0.488 e. The second-order valence-electron chi connectivity index (χ2n) is 7.21. The first-order valence-corrected chi connectivity index (χ1v) is 11.3. The van der Waals surface area contributed by atoms with Gasteiger partial charge in [-0.2, -0.15) is 15.1 Å². The highest BCUT2D eigenvalue weighted by Crippen LogP contribution is 2.32. The van der Waals surface area contributed by atoms with Crippen LogP contribution in [0.1, 0.15) is 16.7 Å². The summed E-state index contributed by atoms with van der Waals surface area (Å²) < 4.78 is 5.99. The van der Waals surface area contributed by atoms with Crippen LogP contribution in [0.5, 0.6) is 5.75 Å². The van der Waals surface area contributed by atoms with Gasteiger partial charge in [0.15, 0.2) is 5.84 Å². The number of hydrazone groups is 1. The average Bonchev–Trinajstić information content (AvgIpc) is 3.27. The van der Waals surface area contributed by atoms with Crippen molar-refractivity contribution in [1.82, 2.24) is 5.01 Å². The van der Waals surface area contributed by atoms with Crippen molar-refractivity contribution in [3.05, 3.63) is 106 Å². The summed E-state index contributed by atoms with van der Waals surface area (Å²) in [5.41, 5.74) is 2.57. The summed E-state index contributed by atoms with van der Waals surface area (Å²) in [5, 5.41) is 16.2. The second-order valence-corrected chi connectivity index (χ2v) is 8.57. The van der Waals surface area contributed by atoms with Crippen molar-refractivity contribution < 1.29 is 9.53 Å². The van der Waals surface area contributed by atoms with Crippen molar-refractivity contribution in [3.8, 4) is 5.75 Å². The molecule has 162 valence electrons. The molecule has 2 heterocycles. The van der Waals surface area contributed by atoms with Gasteiger partial charge < -0.3 is 4.74 Å². The maximum absolute atomic E-state index is 12.8. The number of carbonyl (C=O) groups excluding carboxylic acids is 1. The highest BCUT2D eigenvalue weighted by Gasteiger charge is 2.36. The normalized spacial score (nSPS) is 16.5. The Morgan fingerprint density at radius 2 is 1.73 bits per heavy atom. The van der Waals surface area contributed by atoms with Gasteiger partial charge in [-0.25, -0.2) is 0 Å². The summed E-state index contributed by atoms with van der Waals surface area (Å²) >= 11 is 7.51. The first-order valence-electron chi connectivity index (χ1n) is 10.1. The molecule has 0 radical (unpaired) electrons. The molecule has 0 bridgehead atoms. The number of benzene rings is 3. The number of nitrogens with zero attached hydrogens (tertiary/aromatic N) is 3. The Morgan fingerprint density at radius 3 is 2.55 bits per heavy atom. The smallest absolute Gasteiger partial charge is 0.283 e. The molecule has 0 saturated heterocycles. The van der Waals surface area contributed by atoms with E-state index in [9.17, 15) is 4.79 Å². The summed E-state index contributed by atoms with van der Waals surface area (Å²) in [6.07, 6.45) is 1.62. The van der Waals surface area contributed by atoms with Gasteiger partial charge in [0.05, 0.1) is 5.57 Å². The molecule has 0 atom stereocenters. The van der Waals surface area contributed by atoms with E-state index >= 15 is 0 Å². The van der Waals surface area contributed by atoms with Crippen LogP contribution < -0.4 is 4.74 Å². The van der Waals surface area contributed by atoms with Crippen molar-refractivity contribution in [2.75, 3.05) is 0 Å². The average molecular weight is 473 g/mol. The number of amides is 1. The van der Waals surface area contributed by atoms with E-state index in [1.165, 1.54) is 16.8 Å². The van der Waals surface area contributed by atoms with E-state index in [0.717, 1.165) is 11.1 Å². The molecule has 2 aliphatic heterocycles. The fourth-order valence-electron chi connectivity index (χ4n) is 3.35. The standard InChI is InChI=1S/C25H17ClN4O2S/c26-20-12-6-4-11-18(20)15-32-21-13-7-5-10-17(21)14-19-22(27)30-25(28-23(19)31)33-24(29-30)16-8-2-1-3-9-16/h1-14,27H,15H2. The van der Waals surface area contributed by atoms with Gasteiger partial charge >= 0.3 is 0 Å². The van der Waals surface area contributed by atoms with Crippen molar-refractivity contribution in [2.24, 2.45) is 10.1 Å². The summed E-state index contributed by atoms with van der Waals surface area (Å²) in [5.74, 6) is 0.0677. The molecule has 0 saturated carbocycles. The molecule has 5 rings (SSSR count). The highest BCUT2D eigenvalue weighted by molar-refractivity contribution is 8.27. The second kappa shape index (κ2) is 9.05. The predicted octanol–water partition coefficient (Wildman–Crippen LogP) is 5.59. The third kappa shape index (κ3) is 4.33. The Hall–Kier alpha value is -3.68. The summed E-state index contributed by atoms with van der Waals surface area (Å²) in [7, 11) is 0. The Balaban J connectivity index is 1.42. The summed E-state index contributed by atoms with van der Waals surface area (Å²) in [6, 6.07) is 24.4. The Kier molecular flexibility index (Phi) is 5.81. The number of hydrogen-bond donors (Lipinski definition) is 1. The molecule has 0 aromatic heterocycles. The fraction of sp³-hybridized carbons (Fsp3) is 0.0400. The minimum absolute atomic E-state index is 0.0238. The number of aliphatic imine (C=N–C) groups is 1. The zero-order valence-electron chi connectivity index (χ0n) is 17.2. The van der Waals surface area contributed by atoms with Crippen molar-refractivity contribution >= 4 is 51.4 Å². The first-order chi connectivity index (χ1) is 16.1. The largest absolute Gasteiger partial charge is 0.488 e. The van der Waals surface area contributed by atoms with Gasteiger partial charge in [-0.1, -0.05) is 78.3 Å². The molecule has 3 aromatic rings. The van der Waals surface area contributed by atoms with Gasteiger partial charge in [-0.15, -0.1) is 0 Å². The molecule has 3 aromatic carbocycles. The number of hydrogen-bond acceptors (Lipinski definition) is 5. The van der Waals surface area contributed by atoms with Crippen molar-refractivity contribution in [2.45, 2.75) is 6.61 Å². The van der Waals surface area contributed by atoms with Crippen molar-refractivity contribution in [1.29, 1.82) is 5.41 Å². The van der Waals surface area contributed by atoms with Gasteiger partial charge in [0.1, 0.15) is 17.4 Å². The molecule has 1 amide bonds. The van der Waals surface area contributed by atoms with Crippen LogP contribution in [0.3, 0.4) is 0 Å². The molecule has 0 unspecified atom stereocenters. The Bertz CT molecular complexity index is 1350. The van der Waals surface area contributed by atoms with Crippen LogP contribution in [0, 0.1) is 5.41 Å². The number of para-hydroxylation sites is 1. The van der Waals surface area contributed by atoms with Crippen LogP contribution in [0.2, 0.25) is 5.02 Å². The van der Waals surface area contributed by atoms with Crippen LogP contribution >= 0.6 is 23.4 Å². The predicted molar refractivity (Wildman–Crippen MR) is 133 cm³/mol. The van der Waals surface area contributed by atoms with Crippen LogP contribution in [0.4, 0.5) is 0 Å². The zero-order valence-corrected chi connectivity index (χ0v) is 18.8. The molecular weight excluding hydrogens is 456 g/mol. The van der Waals surface area contributed by atoms with Crippen LogP contribution in [0.25, 0.3) is 6.08 Å². The van der Waals surface area contributed by atoms with Gasteiger partial charge in [0.25, 0.3) is 5.91 Å². The summed E-state index contributed by atoms with van der Waals surface area (Å²) in [6.45, 7) is 0.279. The maximum Gasteiger partial charge on any atom is 0.283 e. The van der Waals surface area contributed by atoms with E-state index in [2.05, 4.69) is 10.1 Å². The van der Waals surface area contributed by atoms with Gasteiger partial charge in [-0.05, 0) is 30.0 Å². The Morgan fingerprint density at radius 1 is 1.00 bits per heavy atom. The van der Waals surface area contributed by atoms with Gasteiger partial charge in [0, 0.05) is 21.7 Å². The van der Waals surface area contributed by atoms with Crippen LogP contribution in [0.15, 0.2) is 94.5 Å². The van der Waals surface area contributed by atoms with Crippen molar-refractivity contribution in [3.63, 3.8) is 0 Å². The molecule has 1 N–H and O–H groups in total. The lowest BCUT2D eigenvalue weighted by Crippen LogP contribution is -2.35. The van der Waals surface area contributed by atoms with E-state index in [1.807, 2.05) is 78.9 Å². The zero-order chi connectivity index (χ0) is 22.8. The lowest BCUT2D eigenvalue weighted by Gasteiger charge is -2.20. The molecule has 33 heavy (non-hydrogen) atoms. The number of fused-ring (bicyclic) bond motifs is 1. The molecule has 6 nitrogen and oxygen atoms in total. The van der Waals surface area contributed by atoms with E-state index in [-0.39, 0.29) is 18.0 Å². The Labute approximate surface area is 199 Å². The number of thioether (sulfide) groups is 1. The fourth-order valence-corrected chi connectivity index (χ4v) is 4.43. The van der Waals surface area contributed by atoms with E-state index in [0.29, 0.717) is 26.5 Å². The maximum atomic E-state index is 12.8. The lowest BCUT2D eigenvalue weighted by atomic mass is 10.1. The van der Waals surface area contributed by atoms with E-state index < -0.39 is 5.91 Å². The third-order valence-corrected chi connectivity index (χ3v) is 6.36. The number of rotatable bonds is 5. The SMILES string of the molecule is N=C1C(=Cc2ccccc2OCc2ccccc2Cl)C(=O)N=C2SC(c3ccccc3)=NN12. The molecular formula is C25H17ClN4O2S. The number of amidine groups is 2. The topological polar surface area (TPSA) is 78.1 Å². The van der Waals surface area contributed by atoms with Crippen LogP contribution in [-0.4, -0.2) is 27.0 Å². The number of halogens is 1. The monoisotopic (exact) mass is 472 g/mol. The third-order valence-electron chi connectivity index (χ3n) is 5.04. The highest BCUT2D eigenvalue weighted by atomic mass is 35.5. The van der Waals surface area contributed by atoms with Crippen LogP contribution in [-0.2, 0) is 11.4 Å². The molecule has 2 aliphatic rings. The number of ether oxygens (including phenoxy) is 1. The molecule has 0 fully saturated rings. The first kappa shape index (κ1) is 21.2. The summed E-state index contributed by atoms with van der Waals surface area (Å²) in [4.78, 5) is 17.0. The number of carbonyl (C=O) groups is 1. The number of nitrogens with one attached hydrogen (secondary N) is 1. The molecule has 0 aliphatic carbocycles. The van der Waals surface area contributed by atoms with Gasteiger partial charge in [0.2, 0.25) is 5.17 Å². The lowest BCUT2D eigenvalue weighted by molar-refractivity contribution is -0.114. The molecule has 8 heteroatoms. The van der Waals surface area contributed by atoms with E-state index in [4.69, 9.17) is 21.7 Å². The quantitative estimate of drug-likeness (QED) is 0.491. The van der Waals surface area contributed by atoms with Gasteiger partial charge in [-0.3, -0.25) is 10.2 Å². The molecule has 0 spiro atoms. The minimum atomic E-state index is -0.482. The van der Waals surface area contributed by atoms with E-state index in [1.54, 1.807) is 6.08 Å².